The SMILES string of the molecule is COC(=O)c1cccc(C(=O)N2CCN(Cc3ccccc3)CC2C)c1. The number of esters is 1. The van der Waals surface area contributed by atoms with Crippen LogP contribution in [-0.2, 0) is 11.3 Å². The van der Waals surface area contributed by atoms with E-state index < -0.39 is 5.97 Å². The molecule has 0 radical (unpaired) electrons. The molecular formula is C21H24N2O3. The summed E-state index contributed by atoms with van der Waals surface area (Å²) < 4.78 is 4.74. The molecule has 3 rings (SSSR count). The molecule has 5 heteroatoms. The van der Waals surface area contributed by atoms with Crippen LogP contribution in [0.2, 0.25) is 0 Å². The predicted molar refractivity (Wildman–Crippen MR) is 100.0 cm³/mol. The van der Waals surface area contributed by atoms with Crippen molar-refractivity contribution < 1.29 is 14.3 Å². The second-order valence-corrected chi connectivity index (χ2v) is 6.64. The largest absolute Gasteiger partial charge is 0.465 e. The summed E-state index contributed by atoms with van der Waals surface area (Å²) in [4.78, 5) is 28.8. The molecule has 0 aliphatic carbocycles. The summed E-state index contributed by atoms with van der Waals surface area (Å²) in [5.74, 6) is -0.469. The van der Waals surface area contributed by atoms with Crippen LogP contribution in [0.3, 0.4) is 0 Å². The number of piperazine rings is 1. The fourth-order valence-corrected chi connectivity index (χ4v) is 3.38. The number of benzene rings is 2. The second-order valence-electron chi connectivity index (χ2n) is 6.64. The lowest BCUT2D eigenvalue weighted by atomic mass is 10.1. The summed E-state index contributed by atoms with van der Waals surface area (Å²) in [6.45, 7) is 5.30. The number of methoxy groups -OCH3 is 1. The number of nitrogens with zero attached hydrogens (tertiary/aromatic N) is 2. The van der Waals surface area contributed by atoms with Gasteiger partial charge in [-0.25, -0.2) is 4.79 Å². The molecule has 26 heavy (non-hydrogen) atoms. The van der Waals surface area contributed by atoms with Crippen molar-refractivity contribution in [1.29, 1.82) is 0 Å². The summed E-state index contributed by atoms with van der Waals surface area (Å²) in [6, 6.07) is 17.2. The zero-order chi connectivity index (χ0) is 18.5. The predicted octanol–water partition coefficient (Wildman–Crippen LogP) is 2.82. The first-order valence-electron chi connectivity index (χ1n) is 8.84. The first-order valence-corrected chi connectivity index (χ1v) is 8.84. The number of amides is 1. The van der Waals surface area contributed by atoms with E-state index in [1.54, 1.807) is 24.3 Å². The molecule has 0 bridgehead atoms. The van der Waals surface area contributed by atoms with E-state index in [0.29, 0.717) is 17.7 Å². The Morgan fingerprint density at radius 1 is 1.04 bits per heavy atom. The second kappa shape index (κ2) is 8.15. The average Bonchev–Trinajstić information content (AvgIpc) is 2.68. The lowest BCUT2D eigenvalue weighted by molar-refractivity contribution is 0.0475. The molecule has 5 nitrogen and oxygen atoms in total. The Hall–Kier alpha value is -2.66. The minimum Gasteiger partial charge on any atom is -0.465 e. The van der Waals surface area contributed by atoms with Crippen molar-refractivity contribution in [3.63, 3.8) is 0 Å². The Balaban J connectivity index is 1.65. The van der Waals surface area contributed by atoms with E-state index >= 15 is 0 Å². The van der Waals surface area contributed by atoms with Crippen molar-refractivity contribution in [2.75, 3.05) is 26.7 Å². The van der Waals surface area contributed by atoms with E-state index in [-0.39, 0.29) is 11.9 Å². The van der Waals surface area contributed by atoms with Crippen LogP contribution in [0.1, 0.15) is 33.2 Å². The minimum absolute atomic E-state index is 0.0392. The molecule has 0 saturated carbocycles. The first-order chi connectivity index (χ1) is 12.6. The molecule has 0 N–H and O–H groups in total. The van der Waals surface area contributed by atoms with Gasteiger partial charge in [0.05, 0.1) is 12.7 Å². The van der Waals surface area contributed by atoms with Crippen molar-refractivity contribution >= 4 is 11.9 Å². The van der Waals surface area contributed by atoms with Crippen LogP contribution in [0.4, 0.5) is 0 Å². The van der Waals surface area contributed by atoms with Crippen molar-refractivity contribution in [3.05, 3.63) is 71.3 Å². The van der Waals surface area contributed by atoms with Crippen molar-refractivity contribution in [1.82, 2.24) is 9.80 Å². The highest BCUT2D eigenvalue weighted by Crippen LogP contribution is 2.17. The number of rotatable bonds is 4. The van der Waals surface area contributed by atoms with Crippen LogP contribution in [-0.4, -0.2) is 54.5 Å². The number of ether oxygens (including phenoxy) is 1. The molecule has 1 unspecified atom stereocenters. The van der Waals surface area contributed by atoms with Gasteiger partial charge in [-0.05, 0) is 30.7 Å². The number of carbonyl (C=O) groups is 2. The maximum atomic E-state index is 12.9. The Bertz CT molecular complexity index is 776. The van der Waals surface area contributed by atoms with Gasteiger partial charge in [-0.15, -0.1) is 0 Å². The molecule has 0 aromatic heterocycles. The molecule has 1 fully saturated rings. The zero-order valence-electron chi connectivity index (χ0n) is 15.2. The summed E-state index contributed by atoms with van der Waals surface area (Å²) in [5, 5.41) is 0. The Kier molecular flexibility index (Phi) is 5.68. The third kappa shape index (κ3) is 4.11. The molecule has 1 aliphatic heterocycles. The van der Waals surface area contributed by atoms with Crippen molar-refractivity contribution in [2.45, 2.75) is 19.5 Å². The summed E-state index contributed by atoms with van der Waals surface area (Å²) in [5.41, 5.74) is 2.20. The molecule has 0 spiro atoms. The van der Waals surface area contributed by atoms with Gasteiger partial charge in [-0.1, -0.05) is 36.4 Å². The lowest BCUT2D eigenvalue weighted by Gasteiger charge is -2.40. The molecular weight excluding hydrogens is 328 g/mol. The van der Waals surface area contributed by atoms with Crippen LogP contribution >= 0.6 is 0 Å². The van der Waals surface area contributed by atoms with Crippen LogP contribution in [0.5, 0.6) is 0 Å². The van der Waals surface area contributed by atoms with E-state index in [9.17, 15) is 9.59 Å². The molecule has 1 amide bonds. The lowest BCUT2D eigenvalue weighted by Crippen LogP contribution is -2.53. The van der Waals surface area contributed by atoms with Crippen molar-refractivity contribution in [3.8, 4) is 0 Å². The van der Waals surface area contributed by atoms with Crippen LogP contribution in [0, 0.1) is 0 Å². The highest BCUT2D eigenvalue weighted by atomic mass is 16.5. The molecule has 2 aromatic carbocycles. The maximum Gasteiger partial charge on any atom is 0.337 e. The van der Waals surface area contributed by atoms with E-state index in [4.69, 9.17) is 4.74 Å². The van der Waals surface area contributed by atoms with Gasteiger partial charge in [0.1, 0.15) is 0 Å². The normalized spacial score (nSPS) is 17.8. The third-order valence-electron chi connectivity index (χ3n) is 4.75. The third-order valence-corrected chi connectivity index (χ3v) is 4.75. The molecule has 1 atom stereocenters. The summed E-state index contributed by atoms with van der Waals surface area (Å²) in [6.07, 6.45) is 0. The molecule has 1 heterocycles. The highest BCUT2D eigenvalue weighted by Gasteiger charge is 2.28. The molecule has 136 valence electrons. The highest BCUT2D eigenvalue weighted by molar-refractivity contribution is 5.98. The standard InChI is InChI=1S/C21H24N2O3/c1-16-14-22(15-17-7-4-3-5-8-17)11-12-23(16)20(24)18-9-6-10-19(13-18)21(25)26-2/h3-10,13,16H,11-12,14-15H2,1-2H3. The molecule has 1 saturated heterocycles. The van der Waals surface area contributed by atoms with Crippen LogP contribution < -0.4 is 0 Å². The van der Waals surface area contributed by atoms with Gasteiger partial charge in [-0.3, -0.25) is 9.69 Å². The molecule has 1 aliphatic rings. The van der Waals surface area contributed by atoms with Gasteiger partial charge >= 0.3 is 5.97 Å². The topological polar surface area (TPSA) is 49.9 Å². The van der Waals surface area contributed by atoms with Crippen LogP contribution in [0.25, 0.3) is 0 Å². The Morgan fingerprint density at radius 2 is 1.77 bits per heavy atom. The minimum atomic E-state index is -0.430. The summed E-state index contributed by atoms with van der Waals surface area (Å²) in [7, 11) is 1.34. The monoisotopic (exact) mass is 352 g/mol. The van der Waals surface area contributed by atoms with Gasteiger partial charge in [0.25, 0.3) is 5.91 Å². The van der Waals surface area contributed by atoms with E-state index in [1.165, 1.54) is 12.7 Å². The van der Waals surface area contributed by atoms with E-state index in [0.717, 1.165) is 19.6 Å². The van der Waals surface area contributed by atoms with Crippen LogP contribution in [0.15, 0.2) is 54.6 Å². The van der Waals surface area contributed by atoms with Gasteiger partial charge in [-0.2, -0.15) is 0 Å². The van der Waals surface area contributed by atoms with E-state index in [1.807, 2.05) is 23.1 Å². The fraction of sp³-hybridized carbons (Fsp3) is 0.333. The van der Waals surface area contributed by atoms with Gasteiger partial charge in [0, 0.05) is 37.8 Å². The van der Waals surface area contributed by atoms with Gasteiger partial charge in [0.2, 0.25) is 0 Å². The smallest absolute Gasteiger partial charge is 0.337 e. The van der Waals surface area contributed by atoms with Gasteiger partial charge in [0.15, 0.2) is 0 Å². The maximum absolute atomic E-state index is 12.9. The number of hydrogen-bond donors (Lipinski definition) is 0. The summed E-state index contributed by atoms with van der Waals surface area (Å²) >= 11 is 0. The Morgan fingerprint density at radius 3 is 2.46 bits per heavy atom. The number of hydrogen-bond acceptors (Lipinski definition) is 4. The first kappa shape index (κ1) is 18.1. The zero-order valence-corrected chi connectivity index (χ0v) is 15.2. The molecule has 2 aromatic rings. The van der Waals surface area contributed by atoms with Gasteiger partial charge < -0.3 is 9.64 Å². The number of carbonyl (C=O) groups excluding carboxylic acids is 2. The Labute approximate surface area is 154 Å². The fourth-order valence-electron chi connectivity index (χ4n) is 3.38. The van der Waals surface area contributed by atoms with Crippen molar-refractivity contribution in [2.24, 2.45) is 0 Å². The average molecular weight is 352 g/mol. The van der Waals surface area contributed by atoms with E-state index in [2.05, 4.69) is 24.0 Å². The quantitative estimate of drug-likeness (QED) is 0.794.